The Morgan fingerprint density at radius 1 is 0.947 bits per heavy atom. The van der Waals surface area contributed by atoms with Crippen molar-refractivity contribution in [3.8, 4) is 17.0 Å². The second-order valence-corrected chi connectivity index (χ2v) is 4.38. The number of nitrogens with zero attached hydrogens (tertiary/aromatic N) is 1. The van der Waals surface area contributed by atoms with Gasteiger partial charge in [-0.1, -0.05) is 12.1 Å². The van der Waals surface area contributed by atoms with Crippen molar-refractivity contribution in [2.45, 2.75) is 0 Å². The molecule has 0 fully saturated rings. The van der Waals surface area contributed by atoms with Gasteiger partial charge in [-0.2, -0.15) is 0 Å². The molecule has 0 saturated carbocycles. The molecule has 3 aromatic rings. The molecule has 2 aromatic carbocycles. The molecule has 0 radical (unpaired) electrons. The third-order valence-corrected chi connectivity index (χ3v) is 3.10. The van der Waals surface area contributed by atoms with E-state index in [0.29, 0.717) is 0 Å². The lowest BCUT2D eigenvalue weighted by Gasteiger charge is -2.05. The predicted octanol–water partition coefficient (Wildman–Crippen LogP) is 3.49. The molecule has 94 valence electrons. The zero-order valence-corrected chi connectivity index (χ0v) is 10.6. The Kier molecular flexibility index (Phi) is 2.80. The zero-order valence-electron chi connectivity index (χ0n) is 10.6. The van der Waals surface area contributed by atoms with Crippen molar-refractivity contribution in [3.63, 3.8) is 0 Å². The molecule has 0 spiro atoms. The summed E-state index contributed by atoms with van der Waals surface area (Å²) in [6.07, 6.45) is 0. The first-order valence-corrected chi connectivity index (χ1v) is 6.07. The molecule has 0 aliphatic rings. The third kappa shape index (κ3) is 2.22. The minimum Gasteiger partial charge on any atom is -0.497 e. The first-order chi connectivity index (χ1) is 9.26. The lowest BCUT2D eigenvalue weighted by Crippen LogP contribution is -1.89. The largest absolute Gasteiger partial charge is 0.497 e. The third-order valence-electron chi connectivity index (χ3n) is 3.10. The molecule has 0 aliphatic carbocycles. The van der Waals surface area contributed by atoms with Crippen LogP contribution in [0.2, 0.25) is 0 Å². The van der Waals surface area contributed by atoms with Gasteiger partial charge in [-0.25, -0.2) is 4.98 Å². The van der Waals surface area contributed by atoms with Crippen LogP contribution in [0.5, 0.6) is 5.75 Å². The highest BCUT2D eigenvalue weighted by molar-refractivity contribution is 5.84. The highest BCUT2D eigenvalue weighted by Gasteiger charge is 2.02. The van der Waals surface area contributed by atoms with Crippen molar-refractivity contribution in [1.82, 2.24) is 4.98 Å². The van der Waals surface area contributed by atoms with Crippen LogP contribution >= 0.6 is 0 Å². The summed E-state index contributed by atoms with van der Waals surface area (Å²) < 4.78 is 5.15. The molecule has 0 aliphatic heterocycles. The lowest BCUT2D eigenvalue weighted by molar-refractivity contribution is 0.415. The average molecular weight is 250 g/mol. The smallest absolute Gasteiger partial charge is 0.118 e. The first kappa shape index (κ1) is 11.5. The summed E-state index contributed by atoms with van der Waals surface area (Å²) >= 11 is 0. The quantitative estimate of drug-likeness (QED) is 0.708. The Balaban J connectivity index is 2.08. The second-order valence-electron chi connectivity index (χ2n) is 4.38. The maximum Gasteiger partial charge on any atom is 0.118 e. The molecule has 3 nitrogen and oxygen atoms in total. The minimum absolute atomic E-state index is 0.729. The van der Waals surface area contributed by atoms with Gasteiger partial charge in [0.25, 0.3) is 0 Å². The van der Waals surface area contributed by atoms with Crippen LogP contribution in [0, 0.1) is 0 Å². The van der Waals surface area contributed by atoms with Crippen molar-refractivity contribution >= 4 is 16.6 Å². The van der Waals surface area contributed by atoms with Gasteiger partial charge in [0.05, 0.1) is 18.3 Å². The average Bonchev–Trinajstić information content (AvgIpc) is 2.46. The van der Waals surface area contributed by atoms with Crippen molar-refractivity contribution in [2.75, 3.05) is 12.8 Å². The Hall–Kier alpha value is -2.55. The first-order valence-electron chi connectivity index (χ1n) is 6.07. The molecule has 3 rings (SSSR count). The van der Waals surface area contributed by atoms with E-state index in [9.17, 15) is 0 Å². The van der Waals surface area contributed by atoms with E-state index in [4.69, 9.17) is 10.5 Å². The minimum atomic E-state index is 0.729. The molecular formula is C16H14N2O. The number of methoxy groups -OCH3 is 1. The van der Waals surface area contributed by atoms with E-state index in [1.54, 1.807) is 7.11 Å². The summed E-state index contributed by atoms with van der Waals surface area (Å²) in [7, 11) is 1.66. The van der Waals surface area contributed by atoms with E-state index in [-0.39, 0.29) is 0 Å². The number of anilines is 1. The Bertz CT molecular complexity index is 720. The molecule has 0 saturated heterocycles. The van der Waals surface area contributed by atoms with E-state index in [1.807, 2.05) is 48.5 Å². The van der Waals surface area contributed by atoms with Gasteiger partial charge in [0.1, 0.15) is 5.75 Å². The van der Waals surface area contributed by atoms with Crippen LogP contribution in [-0.2, 0) is 0 Å². The van der Waals surface area contributed by atoms with Crippen LogP contribution in [0.25, 0.3) is 22.2 Å². The standard InChI is InChI=1S/C16H14N2O/c1-19-14-7-3-11(4-8-14)15-9-5-12-2-6-13(17)10-16(12)18-15/h2-10H,17H2,1H3. The summed E-state index contributed by atoms with van der Waals surface area (Å²) in [5.74, 6) is 0.841. The van der Waals surface area contributed by atoms with Gasteiger partial charge in [0, 0.05) is 16.6 Å². The number of fused-ring (bicyclic) bond motifs is 1. The van der Waals surface area contributed by atoms with Crippen LogP contribution in [0.15, 0.2) is 54.6 Å². The fourth-order valence-electron chi connectivity index (χ4n) is 2.06. The number of rotatable bonds is 2. The number of nitrogen functional groups attached to an aromatic ring is 1. The molecule has 3 heteroatoms. The summed E-state index contributed by atoms with van der Waals surface area (Å²) in [5.41, 5.74) is 9.42. The zero-order chi connectivity index (χ0) is 13.2. The van der Waals surface area contributed by atoms with Crippen molar-refractivity contribution < 1.29 is 4.74 Å². The second kappa shape index (κ2) is 4.61. The Morgan fingerprint density at radius 3 is 2.42 bits per heavy atom. The maximum absolute atomic E-state index is 5.79. The number of hydrogen-bond acceptors (Lipinski definition) is 3. The number of nitrogens with two attached hydrogens (primary N) is 1. The van der Waals surface area contributed by atoms with Crippen LogP contribution < -0.4 is 10.5 Å². The van der Waals surface area contributed by atoms with Gasteiger partial charge < -0.3 is 10.5 Å². The molecule has 19 heavy (non-hydrogen) atoms. The van der Waals surface area contributed by atoms with Crippen molar-refractivity contribution in [3.05, 3.63) is 54.6 Å². The van der Waals surface area contributed by atoms with Gasteiger partial charge >= 0.3 is 0 Å². The Morgan fingerprint density at radius 2 is 1.68 bits per heavy atom. The van der Waals surface area contributed by atoms with E-state index in [1.165, 1.54) is 0 Å². The Labute approximate surface area is 111 Å². The number of pyridine rings is 1. The van der Waals surface area contributed by atoms with Crippen LogP contribution in [0.3, 0.4) is 0 Å². The SMILES string of the molecule is COc1ccc(-c2ccc3ccc(N)cc3n2)cc1. The van der Waals surface area contributed by atoms with Crippen molar-refractivity contribution in [2.24, 2.45) is 0 Å². The van der Waals surface area contributed by atoms with Crippen LogP contribution in [0.1, 0.15) is 0 Å². The summed E-state index contributed by atoms with van der Waals surface area (Å²) in [6.45, 7) is 0. The van der Waals surface area contributed by atoms with Gasteiger partial charge in [-0.05, 0) is 42.5 Å². The number of benzene rings is 2. The monoisotopic (exact) mass is 250 g/mol. The molecule has 0 unspecified atom stereocenters. The summed E-state index contributed by atoms with van der Waals surface area (Å²) in [6, 6.07) is 17.7. The fraction of sp³-hybridized carbons (Fsp3) is 0.0625. The van der Waals surface area contributed by atoms with Gasteiger partial charge in [0.2, 0.25) is 0 Å². The number of aromatic nitrogens is 1. The highest BCUT2D eigenvalue weighted by atomic mass is 16.5. The highest BCUT2D eigenvalue weighted by Crippen LogP contribution is 2.24. The van der Waals surface area contributed by atoms with Gasteiger partial charge in [-0.15, -0.1) is 0 Å². The summed E-state index contributed by atoms with van der Waals surface area (Å²) in [4.78, 5) is 4.64. The molecule has 1 heterocycles. The molecule has 1 aromatic heterocycles. The van der Waals surface area contributed by atoms with E-state index >= 15 is 0 Å². The summed E-state index contributed by atoms with van der Waals surface area (Å²) in [5, 5.41) is 1.09. The van der Waals surface area contributed by atoms with Gasteiger partial charge in [0.15, 0.2) is 0 Å². The van der Waals surface area contributed by atoms with Crippen LogP contribution in [-0.4, -0.2) is 12.1 Å². The maximum atomic E-state index is 5.79. The topological polar surface area (TPSA) is 48.1 Å². The van der Waals surface area contributed by atoms with Crippen molar-refractivity contribution in [1.29, 1.82) is 0 Å². The van der Waals surface area contributed by atoms with E-state index in [2.05, 4.69) is 11.1 Å². The normalized spacial score (nSPS) is 10.6. The van der Waals surface area contributed by atoms with Crippen LogP contribution in [0.4, 0.5) is 5.69 Å². The van der Waals surface area contributed by atoms with E-state index < -0.39 is 0 Å². The molecule has 0 bridgehead atoms. The molecule has 2 N–H and O–H groups in total. The number of ether oxygens (including phenoxy) is 1. The predicted molar refractivity (Wildman–Crippen MR) is 78.1 cm³/mol. The van der Waals surface area contributed by atoms with Gasteiger partial charge in [-0.3, -0.25) is 0 Å². The number of hydrogen-bond donors (Lipinski definition) is 1. The molecular weight excluding hydrogens is 236 g/mol. The van der Waals surface area contributed by atoms with E-state index in [0.717, 1.165) is 33.6 Å². The lowest BCUT2D eigenvalue weighted by atomic mass is 10.1. The molecule has 0 amide bonds. The molecule has 0 atom stereocenters. The fourth-order valence-corrected chi connectivity index (χ4v) is 2.06.